The molecule has 3 aromatic rings. The van der Waals surface area contributed by atoms with Gasteiger partial charge in [-0.1, -0.05) is 24.3 Å². The maximum atomic E-state index is 12.6. The molecule has 0 unspecified atom stereocenters. The Bertz CT molecular complexity index is 904. The van der Waals surface area contributed by atoms with Crippen LogP contribution < -0.4 is 14.8 Å². The third-order valence-electron chi connectivity index (χ3n) is 3.80. The lowest BCUT2D eigenvalue weighted by atomic mass is 10.1. The van der Waals surface area contributed by atoms with Crippen LogP contribution in [0.5, 0.6) is 11.5 Å². The van der Waals surface area contributed by atoms with Crippen LogP contribution in [0.1, 0.15) is 34.9 Å². The van der Waals surface area contributed by atoms with Crippen LogP contribution in [0.2, 0.25) is 0 Å². The highest BCUT2D eigenvalue weighted by atomic mass is 32.1. The van der Waals surface area contributed by atoms with E-state index in [1.54, 1.807) is 12.5 Å². The first kappa shape index (κ1) is 18.9. The average Bonchev–Trinajstić information content (AvgIpc) is 3.12. The standard InChI is InChI=1S/C21H22N2O3S/c1-14(2)26-19-7-5-4-6-17(19)23-21(24)18-13-27-20(22-18)12-15-8-10-16(25-3)11-9-15/h4-11,13-14H,12H2,1-3H3,(H,23,24). The molecule has 0 aliphatic carbocycles. The molecule has 1 N–H and O–H groups in total. The number of carbonyl (C=O) groups excluding carboxylic acids is 1. The maximum absolute atomic E-state index is 12.6. The van der Waals surface area contributed by atoms with Crippen molar-refractivity contribution in [2.75, 3.05) is 12.4 Å². The Hall–Kier alpha value is -2.86. The zero-order chi connectivity index (χ0) is 19.2. The van der Waals surface area contributed by atoms with Crippen molar-refractivity contribution in [1.29, 1.82) is 0 Å². The second-order valence-electron chi connectivity index (χ2n) is 6.27. The predicted molar refractivity (Wildman–Crippen MR) is 108 cm³/mol. The molecule has 0 saturated heterocycles. The Morgan fingerprint density at radius 3 is 2.59 bits per heavy atom. The number of aromatic nitrogens is 1. The number of amides is 1. The number of anilines is 1. The van der Waals surface area contributed by atoms with Crippen LogP contribution in [0.3, 0.4) is 0 Å². The third kappa shape index (κ3) is 5.08. The van der Waals surface area contributed by atoms with Crippen LogP contribution >= 0.6 is 11.3 Å². The Labute approximate surface area is 163 Å². The molecule has 140 valence electrons. The highest BCUT2D eigenvalue weighted by Gasteiger charge is 2.14. The lowest BCUT2D eigenvalue weighted by Gasteiger charge is -2.14. The summed E-state index contributed by atoms with van der Waals surface area (Å²) in [6, 6.07) is 15.2. The van der Waals surface area contributed by atoms with Gasteiger partial charge in [-0.25, -0.2) is 4.98 Å². The molecule has 3 rings (SSSR count). The minimum Gasteiger partial charge on any atom is -0.497 e. The van der Waals surface area contributed by atoms with Gasteiger partial charge in [-0.3, -0.25) is 4.79 Å². The Morgan fingerprint density at radius 2 is 1.89 bits per heavy atom. The summed E-state index contributed by atoms with van der Waals surface area (Å²) in [5.74, 6) is 1.22. The number of thiazole rings is 1. The molecule has 0 bridgehead atoms. The van der Waals surface area contributed by atoms with Crippen LogP contribution in [0.4, 0.5) is 5.69 Å². The summed E-state index contributed by atoms with van der Waals surface area (Å²) in [7, 11) is 1.64. The van der Waals surface area contributed by atoms with E-state index >= 15 is 0 Å². The van der Waals surface area contributed by atoms with E-state index in [0.29, 0.717) is 23.6 Å². The van der Waals surface area contributed by atoms with Gasteiger partial charge in [0, 0.05) is 11.8 Å². The van der Waals surface area contributed by atoms with Gasteiger partial charge in [0.05, 0.1) is 23.9 Å². The normalized spacial score (nSPS) is 10.7. The summed E-state index contributed by atoms with van der Waals surface area (Å²) in [5, 5.41) is 5.55. The highest BCUT2D eigenvalue weighted by Crippen LogP contribution is 2.26. The number of hydrogen-bond acceptors (Lipinski definition) is 5. The van der Waals surface area contributed by atoms with E-state index in [4.69, 9.17) is 9.47 Å². The van der Waals surface area contributed by atoms with E-state index in [2.05, 4.69) is 10.3 Å². The molecule has 2 aromatic carbocycles. The van der Waals surface area contributed by atoms with Crippen molar-refractivity contribution in [3.05, 3.63) is 70.2 Å². The van der Waals surface area contributed by atoms with Gasteiger partial charge in [0.1, 0.15) is 17.2 Å². The predicted octanol–water partition coefficient (Wildman–Crippen LogP) is 4.78. The van der Waals surface area contributed by atoms with Crippen molar-refractivity contribution < 1.29 is 14.3 Å². The van der Waals surface area contributed by atoms with Crippen molar-refractivity contribution in [2.24, 2.45) is 0 Å². The molecule has 1 aromatic heterocycles. The Balaban J connectivity index is 1.68. The monoisotopic (exact) mass is 382 g/mol. The van der Waals surface area contributed by atoms with E-state index in [9.17, 15) is 4.79 Å². The fraction of sp³-hybridized carbons (Fsp3) is 0.238. The van der Waals surface area contributed by atoms with Gasteiger partial charge >= 0.3 is 0 Å². The summed E-state index contributed by atoms with van der Waals surface area (Å²) in [6.07, 6.45) is 0.702. The second-order valence-corrected chi connectivity index (χ2v) is 7.21. The van der Waals surface area contributed by atoms with Crippen LogP contribution in [-0.4, -0.2) is 24.1 Å². The molecule has 0 spiro atoms. The second kappa shape index (κ2) is 8.68. The van der Waals surface area contributed by atoms with Crippen LogP contribution in [-0.2, 0) is 6.42 Å². The first-order chi connectivity index (χ1) is 13.0. The van der Waals surface area contributed by atoms with Gasteiger partial charge < -0.3 is 14.8 Å². The van der Waals surface area contributed by atoms with E-state index in [-0.39, 0.29) is 12.0 Å². The summed E-state index contributed by atoms with van der Waals surface area (Å²) in [6.45, 7) is 3.90. The van der Waals surface area contributed by atoms with Crippen molar-refractivity contribution in [3.8, 4) is 11.5 Å². The highest BCUT2D eigenvalue weighted by molar-refractivity contribution is 7.09. The third-order valence-corrected chi connectivity index (χ3v) is 4.65. The van der Waals surface area contributed by atoms with E-state index < -0.39 is 0 Å². The van der Waals surface area contributed by atoms with Gasteiger partial charge in [-0.05, 0) is 43.7 Å². The molecular formula is C21H22N2O3S. The van der Waals surface area contributed by atoms with Crippen LogP contribution in [0.15, 0.2) is 53.9 Å². The van der Waals surface area contributed by atoms with Gasteiger partial charge in [-0.15, -0.1) is 11.3 Å². The number of hydrogen-bond donors (Lipinski definition) is 1. The zero-order valence-corrected chi connectivity index (χ0v) is 16.4. The molecule has 0 aliphatic heterocycles. The number of carbonyl (C=O) groups is 1. The number of rotatable bonds is 7. The quantitative estimate of drug-likeness (QED) is 0.639. The number of nitrogens with one attached hydrogen (secondary N) is 1. The summed E-state index contributed by atoms with van der Waals surface area (Å²) in [5.41, 5.74) is 2.16. The van der Waals surface area contributed by atoms with Gasteiger partial charge in [0.25, 0.3) is 5.91 Å². The number of para-hydroxylation sites is 2. The Morgan fingerprint density at radius 1 is 1.15 bits per heavy atom. The largest absolute Gasteiger partial charge is 0.497 e. The van der Waals surface area contributed by atoms with Crippen LogP contribution in [0.25, 0.3) is 0 Å². The molecule has 0 fully saturated rings. The van der Waals surface area contributed by atoms with Crippen molar-refractivity contribution >= 4 is 22.9 Å². The number of nitrogens with zero attached hydrogens (tertiary/aromatic N) is 1. The molecule has 1 heterocycles. The molecule has 0 saturated carbocycles. The van der Waals surface area contributed by atoms with Crippen LogP contribution in [0, 0.1) is 0 Å². The molecule has 27 heavy (non-hydrogen) atoms. The van der Waals surface area contributed by atoms with Crippen molar-refractivity contribution in [3.63, 3.8) is 0 Å². The van der Waals surface area contributed by atoms with Gasteiger partial charge in [0.2, 0.25) is 0 Å². The average molecular weight is 382 g/mol. The molecule has 6 heteroatoms. The van der Waals surface area contributed by atoms with Crippen molar-refractivity contribution in [1.82, 2.24) is 4.98 Å². The first-order valence-electron chi connectivity index (χ1n) is 8.69. The smallest absolute Gasteiger partial charge is 0.275 e. The lowest BCUT2D eigenvalue weighted by Crippen LogP contribution is -2.15. The number of ether oxygens (including phenoxy) is 2. The minimum atomic E-state index is -0.243. The van der Waals surface area contributed by atoms with E-state index in [1.165, 1.54) is 11.3 Å². The summed E-state index contributed by atoms with van der Waals surface area (Å²) >= 11 is 1.47. The zero-order valence-electron chi connectivity index (χ0n) is 15.6. The molecular weight excluding hydrogens is 360 g/mol. The fourth-order valence-electron chi connectivity index (χ4n) is 2.53. The first-order valence-corrected chi connectivity index (χ1v) is 9.57. The number of benzene rings is 2. The minimum absolute atomic E-state index is 0.0263. The fourth-order valence-corrected chi connectivity index (χ4v) is 3.34. The molecule has 0 atom stereocenters. The summed E-state index contributed by atoms with van der Waals surface area (Å²) < 4.78 is 10.9. The van der Waals surface area contributed by atoms with Gasteiger partial charge in [0.15, 0.2) is 0 Å². The molecule has 1 amide bonds. The maximum Gasteiger partial charge on any atom is 0.275 e. The molecule has 0 radical (unpaired) electrons. The topological polar surface area (TPSA) is 60.5 Å². The summed E-state index contributed by atoms with van der Waals surface area (Å²) in [4.78, 5) is 17.0. The Kier molecular flexibility index (Phi) is 6.08. The lowest BCUT2D eigenvalue weighted by molar-refractivity contribution is 0.102. The molecule has 5 nitrogen and oxygen atoms in total. The van der Waals surface area contributed by atoms with E-state index in [1.807, 2.05) is 62.4 Å². The SMILES string of the molecule is COc1ccc(Cc2nc(C(=O)Nc3ccccc3OC(C)C)cs2)cc1. The number of methoxy groups -OCH3 is 1. The molecule has 0 aliphatic rings. The van der Waals surface area contributed by atoms with Gasteiger partial charge in [-0.2, -0.15) is 0 Å². The van der Waals surface area contributed by atoms with Crippen molar-refractivity contribution in [2.45, 2.75) is 26.4 Å². The van der Waals surface area contributed by atoms with E-state index in [0.717, 1.165) is 16.3 Å².